The van der Waals surface area contributed by atoms with E-state index in [0.717, 1.165) is 23.9 Å². The van der Waals surface area contributed by atoms with E-state index in [1.807, 2.05) is 18.2 Å². The fourth-order valence-corrected chi connectivity index (χ4v) is 3.04. The lowest BCUT2D eigenvalue weighted by Crippen LogP contribution is -2.33. The monoisotopic (exact) mass is 279 g/mol. The third-order valence-electron chi connectivity index (χ3n) is 4.17. The number of hydrogen-bond donors (Lipinski definition) is 1. The highest BCUT2D eigenvalue weighted by molar-refractivity contribution is 5.87. The number of para-hydroxylation sites is 2. The number of hydrogen-bond acceptors (Lipinski definition) is 4. The summed E-state index contributed by atoms with van der Waals surface area (Å²) in [5.74, 6) is 0. The molecule has 0 saturated heterocycles. The van der Waals surface area contributed by atoms with E-state index in [1.54, 1.807) is 0 Å². The first-order valence-corrected chi connectivity index (χ1v) is 7.26. The average Bonchev–Trinajstić information content (AvgIpc) is 2.92. The fraction of sp³-hybridized carbons (Fsp3) is 0.235. The predicted molar refractivity (Wildman–Crippen MR) is 84.8 cm³/mol. The van der Waals surface area contributed by atoms with E-state index in [0.29, 0.717) is 17.7 Å². The van der Waals surface area contributed by atoms with Crippen molar-refractivity contribution in [1.29, 1.82) is 0 Å². The summed E-state index contributed by atoms with van der Waals surface area (Å²) in [6.07, 6.45) is 2.18. The Hall–Kier alpha value is -2.49. The van der Waals surface area contributed by atoms with Crippen LogP contribution in [0.15, 0.2) is 46.9 Å². The van der Waals surface area contributed by atoms with Crippen molar-refractivity contribution in [3.8, 4) is 0 Å². The summed E-state index contributed by atoms with van der Waals surface area (Å²) < 4.78 is 5.95. The van der Waals surface area contributed by atoms with Crippen LogP contribution < -0.4 is 10.6 Å². The molecule has 2 heterocycles. The standard InChI is InChI=1S/C17H17N3O/c1-11-9-10-12-5-2-3-7-14(12)20(11)17-19-16-13(18)6-4-8-15(16)21-17/h2-8,11H,9-10,18H2,1H3. The summed E-state index contributed by atoms with van der Waals surface area (Å²) in [6.45, 7) is 2.20. The van der Waals surface area contributed by atoms with Crippen LogP contribution in [-0.2, 0) is 6.42 Å². The van der Waals surface area contributed by atoms with Gasteiger partial charge in [0.25, 0.3) is 0 Å². The Bertz CT molecular complexity index is 809. The van der Waals surface area contributed by atoms with Crippen molar-refractivity contribution in [3.63, 3.8) is 0 Å². The maximum Gasteiger partial charge on any atom is 0.303 e. The van der Waals surface area contributed by atoms with Gasteiger partial charge in [-0.25, -0.2) is 0 Å². The van der Waals surface area contributed by atoms with Gasteiger partial charge in [-0.3, -0.25) is 4.90 Å². The number of fused-ring (bicyclic) bond motifs is 2. The van der Waals surface area contributed by atoms with Gasteiger partial charge in [0.15, 0.2) is 5.58 Å². The molecule has 0 bridgehead atoms. The van der Waals surface area contributed by atoms with E-state index >= 15 is 0 Å². The molecule has 0 aliphatic carbocycles. The van der Waals surface area contributed by atoms with E-state index in [2.05, 4.69) is 41.1 Å². The van der Waals surface area contributed by atoms with Crippen molar-refractivity contribution in [2.75, 3.05) is 10.6 Å². The summed E-state index contributed by atoms with van der Waals surface area (Å²) in [5, 5.41) is 0. The molecule has 1 aromatic heterocycles. The number of nitrogen functional groups attached to an aromatic ring is 1. The van der Waals surface area contributed by atoms with Crippen LogP contribution in [0.4, 0.5) is 17.4 Å². The van der Waals surface area contributed by atoms with E-state index in [1.165, 1.54) is 11.3 Å². The fourth-order valence-electron chi connectivity index (χ4n) is 3.04. The Morgan fingerprint density at radius 1 is 1.19 bits per heavy atom. The minimum absolute atomic E-state index is 0.356. The molecular weight excluding hydrogens is 262 g/mol. The molecular formula is C17H17N3O. The quantitative estimate of drug-likeness (QED) is 0.687. The van der Waals surface area contributed by atoms with Gasteiger partial charge >= 0.3 is 6.01 Å². The largest absolute Gasteiger partial charge is 0.423 e. The molecule has 2 N–H and O–H groups in total. The molecule has 1 unspecified atom stereocenters. The molecule has 0 spiro atoms. The van der Waals surface area contributed by atoms with Crippen LogP contribution in [0, 0.1) is 0 Å². The summed E-state index contributed by atoms with van der Waals surface area (Å²) >= 11 is 0. The van der Waals surface area contributed by atoms with Gasteiger partial charge in [-0.2, -0.15) is 4.98 Å². The van der Waals surface area contributed by atoms with E-state index in [-0.39, 0.29) is 0 Å². The van der Waals surface area contributed by atoms with Crippen LogP contribution in [0.2, 0.25) is 0 Å². The van der Waals surface area contributed by atoms with Crippen molar-refractivity contribution in [2.45, 2.75) is 25.8 Å². The van der Waals surface area contributed by atoms with Crippen LogP contribution in [0.25, 0.3) is 11.1 Å². The first kappa shape index (κ1) is 12.3. The van der Waals surface area contributed by atoms with Crippen molar-refractivity contribution >= 4 is 28.5 Å². The number of nitrogens with two attached hydrogens (primary N) is 1. The maximum absolute atomic E-state index is 5.99. The second-order valence-corrected chi connectivity index (χ2v) is 5.58. The molecule has 21 heavy (non-hydrogen) atoms. The van der Waals surface area contributed by atoms with Crippen LogP contribution in [0.1, 0.15) is 18.9 Å². The van der Waals surface area contributed by atoms with Gasteiger partial charge in [-0.15, -0.1) is 0 Å². The number of aromatic nitrogens is 1. The molecule has 3 aromatic rings. The Kier molecular flexibility index (Phi) is 2.64. The second kappa shape index (κ2) is 4.52. The normalized spacial score (nSPS) is 18.0. The third-order valence-corrected chi connectivity index (χ3v) is 4.17. The molecule has 0 radical (unpaired) electrons. The number of rotatable bonds is 1. The molecule has 0 saturated carbocycles. The highest BCUT2D eigenvalue weighted by atomic mass is 16.4. The summed E-state index contributed by atoms with van der Waals surface area (Å²) in [6, 6.07) is 15.1. The Morgan fingerprint density at radius 2 is 2.05 bits per heavy atom. The minimum atomic E-state index is 0.356. The summed E-state index contributed by atoms with van der Waals surface area (Å²) in [5.41, 5.74) is 10.6. The number of benzene rings is 2. The van der Waals surface area contributed by atoms with Crippen LogP contribution in [0.3, 0.4) is 0 Å². The lowest BCUT2D eigenvalue weighted by molar-refractivity contribution is 0.533. The van der Waals surface area contributed by atoms with Gasteiger partial charge in [0.1, 0.15) is 5.52 Å². The molecule has 4 nitrogen and oxygen atoms in total. The lowest BCUT2D eigenvalue weighted by atomic mass is 9.97. The van der Waals surface area contributed by atoms with Gasteiger partial charge < -0.3 is 10.2 Å². The highest BCUT2D eigenvalue weighted by Gasteiger charge is 2.27. The van der Waals surface area contributed by atoms with Crippen molar-refractivity contribution in [2.24, 2.45) is 0 Å². The van der Waals surface area contributed by atoms with Crippen LogP contribution >= 0.6 is 0 Å². The Labute approximate surface area is 123 Å². The Balaban J connectivity index is 1.89. The van der Waals surface area contributed by atoms with Gasteiger partial charge in [-0.1, -0.05) is 24.3 Å². The van der Waals surface area contributed by atoms with Crippen molar-refractivity contribution in [1.82, 2.24) is 4.98 Å². The minimum Gasteiger partial charge on any atom is -0.423 e. The maximum atomic E-state index is 5.99. The number of nitrogens with zero attached hydrogens (tertiary/aromatic N) is 2. The zero-order chi connectivity index (χ0) is 14.4. The molecule has 4 rings (SSSR count). The number of anilines is 3. The zero-order valence-corrected chi connectivity index (χ0v) is 11.9. The van der Waals surface area contributed by atoms with Gasteiger partial charge in [-0.05, 0) is 43.5 Å². The molecule has 0 fully saturated rings. The topological polar surface area (TPSA) is 55.3 Å². The van der Waals surface area contributed by atoms with Crippen molar-refractivity contribution in [3.05, 3.63) is 48.0 Å². The second-order valence-electron chi connectivity index (χ2n) is 5.58. The number of aryl methyl sites for hydroxylation is 1. The zero-order valence-electron chi connectivity index (χ0n) is 11.9. The molecule has 1 atom stereocenters. The first-order valence-electron chi connectivity index (χ1n) is 7.26. The summed E-state index contributed by atoms with van der Waals surface area (Å²) in [7, 11) is 0. The smallest absolute Gasteiger partial charge is 0.303 e. The molecule has 0 amide bonds. The van der Waals surface area contributed by atoms with Gasteiger partial charge in [0.05, 0.1) is 5.69 Å². The number of oxazole rings is 1. The van der Waals surface area contributed by atoms with Crippen LogP contribution in [0.5, 0.6) is 0 Å². The van der Waals surface area contributed by atoms with Gasteiger partial charge in [0, 0.05) is 11.7 Å². The van der Waals surface area contributed by atoms with E-state index < -0.39 is 0 Å². The highest BCUT2D eigenvalue weighted by Crippen LogP contribution is 2.38. The first-order chi connectivity index (χ1) is 10.2. The molecule has 1 aliphatic heterocycles. The van der Waals surface area contributed by atoms with E-state index in [9.17, 15) is 0 Å². The third kappa shape index (κ3) is 1.87. The van der Waals surface area contributed by atoms with Crippen molar-refractivity contribution < 1.29 is 4.42 Å². The Morgan fingerprint density at radius 3 is 2.90 bits per heavy atom. The SMILES string of the molecule is CC1CCc2ccccc2N1c1nc2c(N)cccc2o1. The van der Waals surface area contributed by atoms with Gasteiger partial charge in [0.2, 0.25) is 0 Å². The molecule has 4 heteroatoms. The van der Waals surface area contributed by atoms with Crippen LogP contribution in [-0.4, -0.2) is 11.0 Å². The molecule has 106 valence electrons. The average molecular weight is 279 g/mol. The predicted octanol–water partition coefficient (Wildman–Crippen LogP) is 3.88. The lowest BCUT2D eigenvalue weighted by Gasteiger charge is -2.33. The summed E-state index contributed by atoms with van der Waals surface area (Å²) in [4.78, 5) is 6.80. The molecule has 1 aliphatic rings. The van der Waals surface area contributed by atoms with E-state index in [4.69, 9.17) is 10.2 Å². The molecule has 2 aromatic carbocycles.